The molecule has 0 fully saturated rings. The van der Waals surface area contributed by atoms with Gasteiger partial charge in [-0.3, -0.25) is 4.79 Å². The number of carbonyl (C=O) groups excluding carboxylic acids is 1. The molecule has 3 aromatic rings. The second-order valence-corrected chi connectivity index (χ2v) is 7.25. The molecule has 0 aliphatic carbocycles. The van der Waals surface area contributed by atoms with Gasteiger partial charge in [0.2, 0.25) is 5.91 Å². The van der Waals surface area contributed by atoms with Crippen LogP contribution in [0.3, 0.4) is 0 Å². The summed E-state index contributed by atoms with van der Waals surface area (Å²) >= 11 is 1.29. The normalized spacial score (nSPS) is 14.9. The summed E-state index contributed by atoms with van der Waals surface area (Å²) in [4.78, 5) is 18.9. The van der Waals surface area contributed by atoms with Crippen LogP contribution in [-0.4, -0.2) is 29.4 Å². The zero-order chi connectivity index (χ0) is 20.5. The van der Waals surface area contributed by atoms with E-state index >= 15 is 0 Å². The number of carbonyl (C=O) groups is 1. The van der Waals surface area contributed by atoms with E-state index in [1.807, 2.05) is 61.7 Å². The first-order valence-electron chi connectivity index (χ1n) is 9.19. The van der Waals surface area contributed by atoms with Gasteiger partial charge in [0.1, 0.15) is 5.75 Å². The minimum Gasteiger partial charge on any atom is -0.854 e. The molecule has 1 aromatic heterocycles. The third-order valence-corrected chi connectivity index (χ3v) is 5.42. The van der Waals surface area contributed by atoms with Gasteiger partial charge in [0.25, 0.3) is 17.0 Å². The number of methoxy groups -OCH3 is 1. The first-order chi connectivity index (χ1) is 14.1. The van der Waals surface area contributed by atoms with Crippen LogP contribution in [0.1, 0.15) is 25.1 Å². The third kappa shape index (κ3) is 3.19. The zero-order valence-corrected chi connectivity index (χ0v) is 17.1. The molecule has 0 N–H and O–H groups in total. The Morgan fingerprint density at radius 1 is 1.24 bits per heavy atom. The smallest absolute Gasteiger partial charge is 0.293 e. The lowest BCUT2D eigenvalue weighted by Gasteiger charge is -2.33. The largest absolute Gasteiger partial charge is 0.854 e. The van der Waals surface area contributed by atoms with Gasteiger partial charge in [0, 0.05) is 17.1 Å². The molecule has 1 amide bonds. The molecule has 4 rings (SSSR count). The van der Waals surface area contributed by atoms with E-state index in [1.54, 1.807) is 16.7 Å². The number of hydrogen-bond acceptors (Lipinski definition) is 6. The lowest BCUT2D eigenvalue weighted by molar-refractivity contribution is -0.764. The SMILES string of the molecule is CCC(=O)N1c2ccccc2-c2c([O-])nc(SC)n[n+]2C1c1ccc(OC)cc1. The molecule has 1 atom stereocenters. The molecule has 1 aliphatic heterocycles. The van der Waals surface area contributed by atoms with Gasteiger partial charge in [0.05, 0.1) is 24.2 Å². The summed E-state index contributed by atoms with van der Waals surface area (Å²) in [7, 11) is 1.60. The van der Waals surface area contributed by atoms with Crippen LogP contribution in [0.25, 0.3) is 11.3 Å². The summed E-state index contributed by atoms with van der Waals surface area (Å²) in [5.41, 5.74) is 2.52. The van der Waals surface area contributed by atoms with E-state index in [4.69, 9.17) is 4.74 Å². The number of rotatable bonds is 4. The highest BCUT2D eigenvalue weighted by atomic mass is 32.2. The second kappa shape index (κ2) is 7.71. The van der Waals surface area contributed by atoms with Crippen molar-refractivity contribution in [3.63, 3.8) is 0 Å². The Morgan fingerprint density at radius 3 is 2.62 bits per heavy atom. The summed E-state index contributed by atoms with van der Waals surface area (Å²) in [6.07, 6.45) is 1.54. The zero-order valence-electron chi connectivity index (χ0n) is 16.3. The fourth-order valence-corrected chi connectivity index (χ4v) is 3.88. The van der Waals surface area contributed by atoms with Gasteiger partial charge in [-0.2, -0.15) is 0 Å². The summed E-state index contributed by atoms with van der Waals surface area (Å²) < 4.78 is 6.89. The van der Waals surface area contributed by atoms with Gasteiger partial charge in [-0.1, -0.05) is 35.5 Å². The Bertz CT molecular complexity index is 1070. The molecule has 0 saturated carbocycles. The van der Waals surface area contributed by atoms with Gasteiger partial charge in [-0.25, -0.2) is 9.88 Å². The van der Waals surface area contributed by atoms with Crippen LogP contribution in [0.4, 0.5) is 5.69 Å². The predicted molar refractivity (Wildman–Crippen MR) is 108 cm³/mol. The van der Waals surface area contributed by atoms with E-state index in [2.05, 4.69) is 10.1 Å². The lowest BCUT2D eigenvalue weighted by Crippen LogP contribution is -2.59. The van der Waals surface area contributed by atoms with Crippen LogP contribution in [0, 0.1) is 0 Å². The summed E-state index contributed by atoms with van der Waals surface area (Å²) in [6.45, 7) is 1.82. The van der Waals surface area contributed by atoms with Crippen molar-refractivity contribution < 1.29 is 19.3 Å². The van der Waals surface area contributed by atoms with E-state index < -0.39 is 6.17 Å². The Balaban J connectivity index is 2.03. The van der Waals surface area contributed by atoms with Crippen LogP contribution in [0.15, 0.2) is 53.7 Å². The Morgan fingerprint density at radius 2 is 1.97 bits per heavy atom. The number of ether oxygens (including phenoxy) is 1. The highest BCUT2D eigenvalue weighted by Crippen LogP contribution is 2.41. The Labute approximate surface area is 173 Å². The summed E-state index contributed by atoms with van der Waals surface area (Å²) in [5, 5.41) is 17.9. The van der Waals surface area contributed by atoms with Crippen LogP contribution in [-0.2, 0) is 4.79 Å². The van der Waals surface area contributed by atoms with Crippen molar-refractivity contribution in [3.8, 4) is 22.9 Å². The van der Waals surface area contributed by atoms with Crippen LogP contribution >= 0.6 is 11.8 Å². The third-order valence-electron chi connectivity index (χ3n) is 4.88. The quantitative estimate of drug-likeness (QED) is 0.487. The van der Waals surface area contributed by atoms with Crippen LogP contribution in [0.2, 0.25) is 0 Å². The molecule has 0 saturated heterocycles. The average Bonchev–Trinajstić information content (AvgIpc) is 2.77. The van der Waals surface area contributed by atoms with Crippen molar-refractivity contribution >= 4 is 23.4 Å². The van der Waals surface area contributed by atoms with Gasteiger partial charge in [-0.15, -0.1) is 0 Å². The van der Waals surface area contributed by atoms with Crippen molar-refractivity contribution in [3.05, 3.63) is 54.1 Å². The molecule has 1 aliphatic rings. The number of hydrogen-bond donors (Lipinski definition) is 0. The van der Waals surface area contributed by atoms with Crippen molar-refractivity contribution in [1.29, 1.82) is 0 Å². The van der Waals surface area contributed by atoms with Gasteiger partial charge in [0.15, 0.2) is 0 Å². The molecule has 2 aromatic carbocycles. The van der Waals surface area contributed by atoms with Crippen molar-refractivity contribution in [2.24, 2.45) is 0 Å². The average molecular weight is 408 g/mol. The van der Waals surface area contributed by atoms with E-state index in [-0.39, 0.29) is 11.8 Å². The van der Waals surface area contributed by atoms with Gasteiger partial charge in [-0.05, 0) is 42.7 Å². The number of thioether (sulfide) groups is 1. The highest BCUT2D eigenvalue weighted by molar-refractivity contribution is 7.98. The molecule has 0 bridgehead atoms. The molecule has 8 heteroatoms. The molecule has 7 nitrogen and oxygen atoms in total. The maximum absolute atomic E-state index is 13.0. The molecule has 0 radical (unpaired) electrons. The van der Waals surface area contributed by atoms with Gasteiger partial charge >= 0.3 is 0 Å². The Kier molecular flexibility index (Phi) is 5.10. The molecular weight excluding hydrogens is 388 g/mol. The van der Waals surface area contributed by atoms with Crippen molar-refractivity contribution in [1.82, 2.24) is 10.1 Å². The van der Waals surface area contributed by atoms with Gasteiger partial charge < -0.3 is 9.84 Å². The molecule has 0 spiro atoms. The monoisotopic (exact) mass is 408 g/mol. The standard InChI is InChI=1S/C21H20N4O3S/c1-4-17(26)24-16-8-6-5-7-15(16)18-19(27)22-21(29-3)23-25(18)20(24)13-9-11-14(28-2)12-10-13/h5-12,20H,4H2,1-3H3. The van der Waals surface area contributed by atoms with E-state index in [0.717, 1.165) is 5.56 Å². The minimum absolute atomic E-state index is 0.0619. The predicted octanol–water partition coefficient (Wildman–Crippen LogP) is 2.54. The van der Waals surface area contributed by atoms with Crippen molar-refractivity contribution in [2.75, 3.05) is 18.3 Å². The summed E-state index contributed by atoms with van der Waals surface area (Å²) in [5.74, 6) is 0.285. The van der Waals surface area contributed by atoms with E-state index in [0.29, 0.717) is 34.3 Å². The molecule has 148 valence electrons. The molecule has 1 unspecified atom stereocenters. The fraction of sp³-hybridized carbons (Fsp3) is 0.238. The van der Waals surface area contributed by atoms with Crippen molar-refractivity contribution in [2.45, 2.75) is 24.7 Å². The molecule has 29 heavy (non-hydrogen) atoms. The van der Waals surface area contributed by atoms with E-state index in [9.17, 15) is 9.90 Å². The molecule has 2 heterocycles. The maximum Gasteiger partial charge on any atom is 0.293 e. The van der Waals surface area contributed by atoms with Crippen LogP contribution in [0.5, 0.6) is 11.6 Å². The van der Waals surface area contributed by atoms with Crippen LogP contribution < -0.4 is 19.4 Å². The highest BCUT2D eigenvalue weighted by Gasteiger charge is 2.44. The minimum atomic E-state index is -0.597. The number of amides is 1. The first kappa shape index (κ1) is 19.2. The number of fused-ring (bicyclic) bond motifs is 3. The lowest BCUT2D eigenvalue weighted by atomic mass is 10.0. The number of benzene rings is 2. The second-order valence-electron chi connectivity index (χ2n) is 6.48. The number of anilines is 1. The first-order valence-corrected chi connectivity index (χ1v) is 10.4. The fourth-order valence-electron chi connectivity index (χ4n) is 3.54. The number of para-hydroxylation sites is 1. The maximum atomic E-state index is 13.0. The topological polar surface area (TPSA) is 82.3 Å². The molecular formula is C21H20N4O3S. The number of aromatic nitrogens is 3. The summed E-state index contributed by atoms with van der Waals surface area (Å²) in [6, 6.07) is 14.8. The van der Waals surface area contributed by atoms with E-state index in [1.165, 1.54) is 11.8 Å². The Hall–Kier alpha value is -3.13. The number of nitrogens with zero attached hydrogens (tertiary/aromatic N) is 4.